The first-order valence-corrected chi connectivity index (χ1v) is 8.88. The van der Waals surface area contributed by atoms with E-state index in [0.717, 1.165) is 27.3 Å². The lowest BCUT2D eigenvalue weighted by atomic mass is 10.2. The van der Waals surface area contributed by atoms with Crippen molar-refractivity contribution in [2.75, 3.05) is 19.0 Å². The number of para-hydroxylation sites is 1. The molecule has 3 aromatic rings. The first-order chi connectivity index (χ1) is 13.9. The average Bonchev–Trinajstić information content (AvgIpc) is 2.70. The van der Waals surface area contributed by atoms with Crippen LogP contribution in [0.25, 0.3) is 10.9 Å². The highest BCUT2D eigenvalue weighted by Gasteiger charge is 2.16. The minimum Gasteiger partial charge on any atom is -0.385 e. The van der Waals surface area contributed by atoms with Crippen LogP contribution < -0.4 is 16.6 Å². The Morgan fingerprint density at radius 1 is 1.10 bits per heavy atom. The molecule has 152 valence electrons. The third kappa shape index (κ3) is 4.40. The van der Waals surface area contributed by atoms with Crippen LogP contribution in [0.4, 0.5) is 14.5 Å². The summed E-state index contributed by atoms with van der Waals surface area (Å²) in [5, 5.41) is 2.53. The summed E-state index contributed by atoms with van der Waals surface area (Å²) in [5.74, 6) is -2.25. The van der Waals surface area contributed by atoms with E-state index in [1.807, 2.05) is 0 Å². The zero-order chi connectivity index (χ0) is 21.0. The molecular formula is C20H19F2N3O4. The molecule has 7 nitrogen and oxygen atoms in total. The number of anilines is 1. The van der Waals surface area contributed by atoms with Crippen molar-refractivity contribution in [3.05, 3.63) is 74.9 Å². The summed E-state index contributed by atoms with van der Waals surface area (Å²) in [6.07, 6.45) is 0.435. The molecule has 1 amide bonds. The quantitative estimate of drug-likeness (QED) is 0.613. The lowest BCUT2D eigenvalue weighted by molar-refractivity contribution is -0.116. The Morgan fingerprint density at radius 2 is 1.86 bits per heavy atom. The van der Waals surface area contributed by atoms with Crippen LogP contribution in [0.15, 0.2) is 52.1 Å². The van der Waals surface area contributed by atoms with Gasteiger partial charge in [-0.1, -0.05) is 12.1 Å². The van der Waals surface area contributed by atoms with Crippen molar-refractivity contribution in [3.8, 4) is 0 Å². The third-order valence-corrected chi connectivity index (χ3v) is 4.37. The average molecular weight is 403 g/mol. The fourth-order valence-electron chi connectivity index (χ4n) is 3.01. The molecule has 9 heteroatoms. The number of ether oxygens (including phenoxy) is 1. The maximum atomic E-state index is 13.8. The first kappa shape index (κ1) is 20.4. The third-order valence-electron chi connectivity index (χ3n) is 4.37. The van der Waals surface area contributed by atoms with Crippen LogP contribution in [0.3, 0.4) is 0 Å². The molecule has 1 heterocycles. The van der Waals surface area contributed by atoms with Crippen LogP contribution in [-0.4, -0.2) is 28.8 Å². The largest absolute Gasteiger partial charge is 0.385 e. The summed E-state index contributed by atoms with van der Waals surface area (Å²) >= 11 is 0. The molecular weight excluding hydrogens is 384 g/mol. The molecule has 1 aromatic heterocycles. The van der Waals surface area contributed by atoms with Gasteiger partial charge in [0.15, 0.2) is 0 Å². The van der Waals surface area contributed by atoms with Crippen LogP contribution in [0.5, 0.6) is 0 Å². The number of methoxy groups -OCH3 is 1. The summed E-state index contributed by atoms with van der Waals surface area (Å²) in [4.78, 5) is 38.0. The van der Waals surface area contributed by atoms with Crippen molar-refractivity contribution in [2.24, 2.45) is 0 Å². The van der Waals surface area contributed by atoms with Gasteiger partial charge in [0.2, 0.25) is 5.91 Å². The maximum Gasteiger partial charge on any atom is 0.331 e. The second-order valence-corrected chi connectivity index (χ2v) is 6.36. The zero-order valence-electron chi connectivity index (χ0n) is 15.7. The Bertz CT molecular complexity index is 1170. The van der Waals surface area contributed by atoms with Gasteiger partial charge in [-0.3, -0.25) is 18.7 Å². The number of hydrogen-bond donors (Lipinski definition) is 1. The van der Waals surface area contributed by atoms with Gasteiger partial charge >= 0.3 is 5.69 Å². The molecule has 0 atom stereocenters. The number of aromatic nitrogens is 2. The molecule has 0 radical (unpaired) electrons. The van der Waals surface area contributed by atoms with Gasteiger partial charge in [-0.15, -0.1) is 0 Å². The van der Waals surface area contributed by atoms with Gasteiger partial charge in [-0.2, -0.15) is 0 Å². The summed E-state index contributed by atoms with van der Waals surface area (Å²) < 4.78 is 34.2. The van der Waals surface area contributed by atoms with E-state index in [4.69, 9.17) is 4.74 Å². The second-order valence-electron chi connectivity index (χ2n) is 6.36. The predicted octanol–water partition coefficient (Wildman–Crippen LogP) is 2.12. The number of nitrogens with zero attached hydrogens (tertiary/aromatic N) is 2. The van der Waals surface area contributed by atoms with Crippen molar-refractivity contribution in [2.45, 2.75) is 19.5 Å². The summed E-state index contributed by atoms with van der Waals surface area (Å²) in [5.41, 5.74) is -1.18. The highest BCUT2D eigenvalue weighted by Crippen LogP contribution is 2.15. The Labute approximate surface area is 164 Å². The lowest BCUT2D eigenvalue weighted by Gasteiger charge is -2.14. The highest BCUT2D eigenvalue weighted by molar-refractivity contribution is 5.91. The van der Waals surface area contributed by atoms with E-state index in [9.17, 15) is 23.2 Å². The van der Waals surface area contributed by atoms with Crippen LogP contribution in [0.1, 0.15) is 6.42 Å². The van der Waals surface area contributed by atoms with E-state index in [1.54, 1.807) is 24.3 Å². The highest BCUT2D eigenvalue weighted by atomic mass is 19.1. The molecule has 1 N–H and O–H groups in total. The predicted molar refractivity (Wildman–Crippen MR) is 104 cm³/mol. The van der Waals surface area contributed by atoms with Gasteiger partial charge in [-0.05, 0) is 30.7 Å². The Kier molecular flexibility index (Phi) is 6.18. The molecule has 0 aliphatic rings. The van der Waals surface area contributed by atoms with E-state index in [0.29, 0.717) is 13.0 Å². The van der Waals surface area contributed by atoms with Crippen molar-refractivity contribution < 1.29 is 18.3 Å². The normalized spacial score (nSPS) is 11.0. The number of halogens is 2. The monoisotopic (exact) mass is 403 g/mol. The number of carbonyl (C=O) groups is 1. The van der Waals surface area contributed by atoms with Crippen molar-refractivity contribution in [1.29, 1.82) is 0 Å². The van der Waals surface area contributed by atoms with Crippen LogP contribution in [0, 0.1) is 11.6 Å². The van der Waals surface area contributed by atoms with E-state index in [2.05, 4.69) is 5.32 Å². The minimum absolute atomic E-state index is 0.122. The summed E-state index contributed by atoms with van der Waals surface area (Å²) in [6, 6.07) is 9.07. The molecule has 0 unspecified atom stereocenters. The fraction of sp³-hybridized carbons (Fsp3) is 0.250. The number of carbonyl (C=O) groups excluding carboxylic acids is 1. The second kappa shape index (κ2) is 8.78. The number of hydrogen-bond acceptors (Lipinski definition) is 4. The van der Waals surface area contributed by atoms with Crippen LogP contribution >= 0.6 is 0 Å². The zero-order valence-corrected chi connectivity index (χ0v) is 15.7. The van der Waals surface area contributed by atoms with Gasteiger partial charge in [0.05, 0.1) is 16.6 Å². The molecule has 0 saturated carbocycles. The molecule has 0 aliphatic heterocycles. The molecule has 0 spiro atoms. The molecule has 0 bridgehead atoms. The topological polar surface area (TPSA) is 82.3 Å². The Morgan fingerprint density at radius 3 is 2.62 bits per heavy atom. The number of amides is 1. The maximum absolute atomic E-state index is 13.8. The van der Waals surface area contributed by atoms with Crippen LogP contribution in [-0.2, 0) is 22.6 Å². The number of fused-ring (bicyclic) bond motifs is 1. The molecule has 0 aliphatic carbocycles. The van der Waals surface area contributed by atoms with Gasteiger partial charge in [0.1, 0.15) is 18.2 Å². The molecule has 3 rings (SSSR count). The van der Waals surface area contributed by atoms with E-state index < -0.39 is 35.3 Å². The van der Waals surface area contributed by atoms with E-state index in [1.165, 1.54) is 7.11 Å². The van der Waals surface area contributed by atoms with Gasteiger partial charge in [0.25, 0.3) is 5.56 Å². The summed E-state index contributed by atoms with van der Waals surface area (Å²) in [6.45, 7) is 0.00832. The Balaban J connectivity index is 1.99. The van der Waals surface area contributed by atoms with Gasteiger partial charge in [0, 0.05) is 26.3 Å². The van der Waals surface area contributed by atoms with Crippen molar-refractivity contribution in [1.82, 2.24) is 9.13 Å². The molecule has 0 fully saturated rings. The lowest BCUT2D eigenvalue weighted by Crippen LogP contribution is -2.42. The minimum atomic E-state index is -0.804. The van der Waals surface area contributed by atoms with E-state index >= 15 is 0 Å². The standard InChI is InChI=1S/C20H19F2N3O4/c1-29-10-4-9-24-19(27)14-5-2-3-6-17(14)25(20(24)28)12-18(26)23-16-11-13(21)7-8-15(16)22/h2-3,5-8,11H,4,9-10,12H2,1H3,(H,23,26). The molecule has 2 aromatic carbocycles. The Hall–Kier alpha value is -3.33. The van der Waals surface area contributed by atoms with Gasteiger partial charge < -0.3 is 10.1 Å². The SMILES string of the molecule is COCCCn1c(=O)c2ccccc2n(CC(=O)Nc2cc(F)ccc2F)c1=O. The van der Waals surface area contributed by atoms with E-state index in [-0.39, 0.29) is 23.1 Å². The molecule has 0 saturated heterocycles. The van der Waals surface area contributed by atoms with Crippen LogP contribution in [0.2, 0.25) is 0 Å². The fourth-order valence-corrected chi connectivity index (χ4v) is 3.01. The number of benzene rings is 2. The van der Waals surface area contributed by atoms with Crippen molar-refractivity contribution in [3.63, 3.8) is 0 Å². The molecule has 29 heavy (non-hydrogen) atoms. The first-order valence-electron chi connectivity index (χ1n) is 8.88. The number of nitrogens with one attached hydrogen (secondary N) is 1. The number of rotatable bonds is 7. The smallest absolute Gasteiger partial charge is 0.331 e. The summed E-state index contributed by atoms with van der Waals surface area (Å²) in [7, 11) is 1.51. The van der Waals surface area contributed by atoms with Gasteiger partial charge in [-0.25, -0.2) is 13.6 Å². The van der Waals surface area contributed by atoms with Crippen molar-refractivity contribution >= 4 is 22.5 Å².